The Labute approximate surface area is 227 Å². The molecule has 38 heavy (non-hydrogen) atoms. The first-order valence-electron chi connectivity index (χ1n) is 14.8. The summed E-state index contributed by atoms with van der Waals surface area (Å²) in [6.45, 7) is 5.76. The number of nitrogens with zero attached hydrogens (tertiary/aromatic N) is 2. The summed E-state index contributed by atoms with van der Waals surface area (Å²) in [5.41, 5.74) is 1.49. The Morgan fingerprint density at radius 2 is 0.842 bits per heavy atom. The van der Waals surface area contributed by atoms with Crippen molar-refractivity contribution in [3.05, 3.63) is 71.3 Å². The molecule has 0 aliphatic carbocycles. The lowest BCUT2D eigenvalue weighted by atomic mass is 9.84. The molecule has 4 nitrogen and oxygen atoms in total. The monoisotopic (exact) mass is 528 g/mol. The maximum atomic E-state index is 13.6. The van der Waals surface area contributed by atoms with Gasteiger partial charge in [0.15, 0.2) is 0 Å². The third-order valence-electron chi connectivity index (χ3n) is 8.61. The number of aliphatic hydroxyl groups is 2. The summed E-state index contributed by atoms with van der Waals surface area (Å²) in [5, 5.41) is 22.9. The van der Waals surface area contributed by atoms with Gasteiger partial charge < -0.3 is 20.0 Å². The van der Waals surface area contributed by atoms with Gasteiger partial charge in [0, 0.05) is 24.9 Å². The number of aliphatic hydroxyl groups excluding tert-OH is 2. The van der Waals surface area contributed by atoms with E-state index >= 15 is 0 Å². The van der Waals surface area contributed by atoms with Gasteiger partial charge in [-0.15, -0.1) is 0 Å². The summed E-state index contributed by atoms with van der Waals surface area (Å²) in [5.74, 6) is -0.647. The summed E-state index contributed by atoms with van der Waals surface area (Å²) in [6.07, 6.45) is 9.86. The van der Waals surface area contributed by atoms with Crippen molar-refractivity contribution in [2.45, 2.75) is 76.4 Å². The molecule has 4 rings (SSSR count). The fourth-order valence-electron chi connectivity index (χ4n) is 6.29. The summed E-state index contributed by atoms with van der Waals surface area (Å²) in [4.78, 5) is 4.95. The zero-order chi connectivity index (χ0) is 26.7. The minimum atomic E-state index is -0.694. The zero-order valence-corrected chi connectivity index (χ0v) is 22.8. The van der Waals surface area contributed by atoms with Crippen molar-refractivity contribution >= 4 is 0 Å². The summed E-state index contributed by atoms with van der Waals surface area (Å²) < 4.78 is 27.2. The Balaban J connectivity index is 1.51. The van der Waals surface area contributed by atoms with Crippen LogP contribution in [-0.2, 0) is 0 Å². The minimum absolute atomic E-state index is 0.0226. The number of likely N-dealkylation sites (tertiary alicyclic amines) is 2. The molecule has 0 radical (unpaired) electrons. The molecule has 4 atom stereocenters. The van der Waals surface area contributed by atoms with Gasteiger partial charge in [-0.1, -0.05) is 49.9 Å². The topological polar surface area (TPSA) is 46.9 Å². The van der Waals surface area contributed by atoms with E-state index in [1.165, 1.54) is 75.6 Å². The van der Waals surface area contributed by atoms with E-state index in [0.29, 0.717) is 0 Å². The highest BCUT2D eigenvalue weighted by Crippen LogP contribution is 2.34. The van der Waals surface area contributed by atoms with Crippen LogP contribution in [0.25, 0.3) is 0 Å². The van der Waals surface area contributed by atoms with Gasteiger partial charge in [-0.05, 0) is 100 Å². The molecule has 2 heterocycles. The molecule has 2 saturated heterocycles. The normalized spacial score (nSPS) is 21.3. The van der Waals surface area contributed by atoms with Crippen molar-refractivity contribution in [1.29, 1.82) is 0 Å². The Morgan fingerprint density at radius 3 is 1.16 bits per heavy atom. The van der Waals surface area contributed by atoms with Gasteiger partial charge in [-0.3, -0.25) is 0 Å². The highest BCUT2D eigenvalue weighted by molar-refractivity contribution is 5.20. The second kappa shape index (κ2) is 15.1. The summed E-state index contributed by atoms with van der Waals surface area (Å²) in [7, 11) is 0. The number of hydrogen-bond donors (Lipinski definition) is 2. The molecule has 0 spiro atoms. The first-order valence-corrected chi connectivity index (χ1v) is 14.8. The van der Waals surface area contributed by atoms with Gasteiger partial charge in [-0.25, -0.2) is 8.78 Å². The standard InChI is InChI=1S/C32H46F2N2O2/c33-29-15-11-25(12-16-29)31(37)27(23-35-19-5-1-2-6-20-35)9-10-28(24-36-21-7-3-4-8-22-36)32(38)26-13-17-30(34)18-14-26/h11-18,27-28,31-32,37-38H,1-10,19-24H2/t27-,28-,31-,32+/m0/s1. The predicted octanol–water partition coefficient (Wildman–Crippen LogP) is 6.50. The van der Waals surface area contributed by atoms with Crippen molar-refractivity contribution < 1.29 is 19.0 Å². The van der Waals surface area contributed by atoms with Gasteiger partial charge in [-0.2, -0.15) is 0 Å². The van der Waals surface area contributed by atoms with Crippen LogP contribution in [0.3, 0.4) is 0 Å². The molecule has 0 unspecified atom stereocenters. The van der Waals surface area contributed by atoms with Crippen LogP contribution in [0.15, 0.2) is 48.5 Å². The summed E-state index contributed by atoms with van der Waals surface area (Å²) in [6, 6.07) is 12.4. The molecular weight excluding hydrogens is 482 g/mol. The quantitative estimate of drug-likeness (QED) is 0.350. The second-order valence-electron chi connectivity index (χ2n) is 11.5. The zero-order valence-electron chi connectivity index (χ0n) is 22.8. The van der Waals surface area contributed by atoms with E-state index in [9.17, 15) is 19.0 Å². The first-order chi connectivity index (χ1) is 18.5. The van der Waals surface area contributed by atoms with Crippen molar-refractivity contribution in [3.8, 4) is 0 Å². The highest BCUT2D eigenvalue weighted by Gasteiger charge is 2.29. The Kier molecular flexibility index (Phi) is 11.5. The fourth-order valence-corrected chi connectivity index (χ4v) is 6.29. The van der Waals surface area contributed by atoms with Crippen LogP contribution in [0.4, 0.5) is 8.78 Å². The highest BCUT2D eigenvalue weighted by atomic mass is 19.1. The van der Waals surface area contributed by atoms with E-state index in [-0.39, 0.29) is 23.5 Å². The predicted molar refractivity (Wildman–Crippen MR) is 149 cm³/mol. The van der Waals surface area contributed by atoms with Crippen LogP contribution in [-0.4, -0.2) is 59.3 Å². The number of rotatable bonds is 11. The van der Waals surface area contributed by atoms with E-state index in [4.69, 9.17) is 0 Å². The van der Waals surface area contributed by atoms with Crippen LogP contribution < -0.4 is 0 Å². The van der Waals surface area contributed by atoms with Crippen LogP contribution in [0.5, 0.6) is 0 Å². The van der Waals surface area contributed by atoms with Crippen LogP contribution in [0, 0.1) is 23.5 Å². The first kappa shape index (κ1) is 29.1. The fraction of sp³-hybridized carbons (Fsp3) is 0.625. The average molecular weight is 529 g/mol. The van der Waals surface area contributed by atoms with E-state index < -0.39 is 12.2 Å². The molecule has 0 bridgehead atoms. The molecule has 0 saturated carbocycles. The number of benzene rings is 2. The second-order valence-corrected chi connectivity index (χ2v) is 11.5. The molecule has 0 amide bonds. The smallest absolute Gasteiger partial charge is 0.123 e. The van der Waals surface area contributed by atoms with Crippen LogP contribution in [0.2, 0.25) is 0 Å². The minimum Gasteiger partial charge on any atom is -0.388 e. The molecule has 2 aliphatic heterocycles. The lowest BCUT2D eigenvalue weighted by molar-refractivity contribution is 0.0449. The van der Waals surface area contributed by atoms with Crippen molar-refractivity contribution in [1.82, 2.24) is 9.80 Å². The van der Waals surface area contributed by atoms with Crippen molar-refractivity contribution in [2.75, 3.05) is 39.3 Å². The molecule has 6 heteroatoms. The SMILES string of the molecule is O[C@H](c1ccc(F)cc1)[C@@H](CC[C@@H](CN1CCCCCC1)[C@@H](O)c1ccc(F)cc1)CN1CCCCCC1. The molecular formula is C32H46F2N2O2. The van der Waals surface area contributed by atoms with Gasteiger partial charge in [0.2, 0.25) is 0 Å². The summed E-state index contributed by atoms with van der Waals surface area (Å²) >= 11 is 0. The largest absolute Gasteiger partial charge is 0.388 e. The molecule has 2 aromatic rings. The molecule has 2 N–H and O–H groups in total. The van der Waals surface area contributed by atoms with Crippen molar-refractivity contribution in [3.63, 3.8) is 0 Å². The van der Waals surface area contributed by atoms with E-state index in [1.54, 1.807) is 24.3 Å². The van der Waals surface area contributed by atoms with Gasteiger partial charge in [0.25, 0.3) is 0 Å². The average Bonchev–Trinajstić information content (AvgIpc) is 3.35. The van der Waals surface area contributed by atoms with Gasteiger partial charge in [0.1, 0.15) is 11.6 Å². The van der Waals surface area contributed by atoms with Gasteiger partial charge in [0.05, 0.1) is 12.2 Å². The van der Waals surface area contributed by atoms with Crippen molar-refractivity contribution in [2.24, 2.45) is 11.8 Å². The van der Waals surface area contributed by atoms with Gasteiger partial charge >= 0.3 is 0 Å². The molecule has 2 aliphatic rings. The molecule has 210 valence electrons. The number of hydrogen-bond acceptors (Lipinski definition) is 4. The lowest BCUT2D eigenvalue weighted by Gasteiger charge is -2.33. The maximum absolute atomic E-state index is 13.6. The Bertz CT molecular complexity index is 846. The van der Waals surface area contributed by atoms with E-state index in [1.807, 2.05) is 0 Å². The molecule has 2 fully saturated rings. The maximum Gasteiger partial charge on any atom is 0.123 e. The Hall–Kier alpha value is -1.86. The van der Waals surface area contributed by atoms with E-state index in [2.05, 4.69) is 9.80 Å². The lowest BCUT2D eigenvalue weighted by Crippen LogP contribution is -2.36. The van der Waals surface area contributed by atoms with Crippen LogP contribution >= 0.6 is 0 Å². The third-order valence-corrected chi connectivity index (χ3v) is 8.61. The molecule has 2 aromatic carbocycles. The number of halogens is 2. The van der Waals surface area contributed by atoms with Crippen LogP contribution in [0.1, 0.15) is 87.5 Å². The third kappa shape index (κ3) is 8.84. The molecule has 0 aromatic heterocycles. The van der Waals surface area contributed by atoms with E-state index in [0.717, 1.165) is 63.2 Å². The Morgan fingerprint density at radius 1 is 0.526 bits per heavy atom.